The number of hydrogen-bond donors (Lipinski definition) is 0. The minimum Gasteiger partial charge on any atom is -0.374 e. The lowest BCUT2D eigenvalue weighted by molar-refractivity contribution is 0.0712. The largest absolute Gasteiger partial charge is 0.500 e. The van der Waals surface area contributed by atoms with Gasteiger partial charge in [-0.15, -0.1) is 23.5 Å². The summed E-state index contributed by atoms with van der Waals surface area (Å²) in [6.07, 6.45) is 3.96. The molecule has 25 heavy (non-hydrogen) atoms. The average molecular weight is 422 g/mol. The van der Waals surface area contributed by atoms with Gasteiger partial charge in [0.05, 0.1) is 0 Å². The molecule has 1 aliphatic heterocycles. The molecule has 1 aromatic heterocycles. The molecule has 0 spiro atoms. The Hall–Kier alpha value is -0.103. The third-order valence-corrected chi connectivity index (χ3v) is 8.84. The van der Waals surface area contributed by atoms with Crippen molar-refractivity contribution in [3.8, 4) is 0 Å². The first-order valence-corrected chi connectivity index (χ1v) is 13.3. The Bertz CT molecular complexity index is 449. The Morgan fingerprint density at radius 3 is 2.00 bits per heavy atom. The second-order valence-electron chi connectivity index (χ2n) is 4.58. The summed E-state index contributed by atoms with van der Waals surface area (Å²) in [6.45, 7) is 7.77. The van der Waals surface area contributed by atoms with E-state index >= 15 is 0 Å². The molecule has 2 rings (SSSR count). The fourth-order valence-corrected chi connectivity index (χ4v) is 7.11. The number of thioether (sulfide) groups is 3. The number of aromatic nitrogens is 3. The first-order chi connectivity index (χ1) is 12.3. The van der Waals surface area contributed by atoms with E-state index in [1.165, 1.54) is 17.7 Å². The molecular formula is C15H27N3O3S3Si. The molecule has 0 amide bonds. The van der Waals surface area contributed by atoms with Gasteiger partial charge in [0.15, 0.2) is 5.16 Å². The molecule has 1 aliphatic rings. The van der Waals surface area contributed by atoms with E-state index < -0.39 is 8.80 Å². The van der Waals surface area contributed by atoms with Gasteiger partial charge >= 0.3 is 8.80 Å². The minimum atomic E-state index is -2.50. The number of rotatable bonds is 11. The first-order valence-electron chi connectivity index (χ1n) is 8.31. The predicted molar refractivity (Wildman–Crippen MR) is 110 cm³/mol. The summed E-state index contributed by atoms with van der Waals surface area (Å²) < 4.78 is 17.4. The molecule has 10 heteroatoms. The number of nitrogens with zero attached hydrogens (tertiary/aromatic N) is 3. The van der Waals surface area contributed by atoms with E-state index in [1.807, 2.05) is 44.3 Å². The van der Waals surface area contributed by atoms with E-state index in [-0.39, 0.29) is 0 Å². The lowest BCUT2D eigenvalue weighted by Gasteiger charge is -2.28. The second-order valence-corrected chi connectivity index (χ2v) is 10.5. The Morgan fingerprint density at radius 1 is 1.00 bits per heavy atom. The zero-order valence-electron chi connectivity index (χ0n) is 15.1. The van der Waals surface area contributed by atoms with Gasteiger partial charge in [-0.1, -0.05) is 11.8 Å². The highest BCUT2D eigenvalue weighted by atomic mass is 32.2. The smallest absolute Gasteiger partial charge is 0.374 e. The highest BCUT2D eigenvalue weighted by molar-refractivity contribution is 8.21. The van der Waals surface area contributed by atoms with Crippen LogP contribution in [0.5, 0.6) is 0 Å². The van der Waals surface area contributed by atoms with Crippen molar-refractivity contribution in [2.75, 3.05) is 30.7 Å². The molecule has 0 N–H and O–H groups in total. The average Bonchev–Trinajstić information content (AvgIpc) is 3.20. The predicted octanol–water partition coefficient (Wildman–Crippen LogP) is 4.30. The lowest BCUT2D eigenvalue weighted by atomic mass is 10.6. The highest BCUT2D eigenvalue weighted by Gasteiger charge is 2.39. The molecule has 0 unspecified atom stereocenters. The topological polar surface area (TPSA) is 66.4 Å². The summed E-state index contributed by atoms with van der Waals surface area (Å²) in [5.74, 6) is 0.909. The van der Waals surface area contributed by atoms with Gasteiger partial charge < -0.3 is 13.3 Å². The Morgan fingerprint density at radius 2 is 1.56 bits per heavy atom. The van der Waals surface area contributed by atoms with Gasteiger partial charge in [-0.05, 0) is 38.0 Å². The van der Waals surface area contributed by atoms with Crippen LogP contribution < -0.4 is 0 Å². The van der Waals surface area contributed by atoms with Crippen molar-refractivity contribution in [1.29, 1.82) is 0 Å². The Labute approximate surface area is 164 Å². The summed E-state index contributed by atoms with van der Waals surface area (Å²) in [7, 11) is -2.50. The van der Waals surface area contributed by atoms with Gasteiger partial charge in [0.25, 0.3) is 0 Å². The van der Waals surface area contributed by atoms with Crippen LogP contribution in [0.4, 0.5) is 0 Å². The van der Waals surface area contributed by atoms with Gasteiger partial charge in [0, 0.05) is 36.7 Å². The van der Waals surface area contributed by atoms with E-state index in [0.29, 0.717) is 19.8 Å². The highest BCUT2D eigenvalue weighted by Crippen LogP contribution is 2.22. The fraction of sp³-hybridized carbons (Fsp3) is 0.667. The first kappa shape index (κ1) is 22.9. The Kier molecular flexibility index (Phi) is 13.8. The molecule has 2 heterocycles. The maximum absolute atomic E-state index is 5.81. The van der Waals surface area contributed by atoms with Gasteiger partial charge in [-0.2, -0.15) is 0 Å². The van der Waals surface area contributed by atoms with Crippen LogP contribution in [0.3, 0.4) is 0 Å². The third-order valence-electron chi connectivity index (χ3n) is 2.80. The van der Waals surface area contributed by atoms with Gasteiger partial charge in [0.1, 0.15) is 12.7 Å². The van der Waals surface area contributed by atoms with Crippen LogP contribution in [0.15, 0.2) is 28.6 Å². The molecule has 0 aliphatic carbocycles. The molecule has 0 aromatic carbocycles. The summed E-state index contributed by atoms with van der Waals surface area (Å²) in [4.78, 5) is 12.0. The molecule has 142 valence electrons. The molecule has 0 saturated carbocycles. The molecular weight excluding hydrogens is 394 g/mol. The van der Waals surface area contributed by atoms with Crippen LogP contribution in [-0.4, -0.2) is 54.4 Å². The second kappa shape index (κ2) is 15.0. The van der Waals surface area contributed by atoms with E-state index in [4.69, 9.17) is 13.3 Å². The molecule has 1 aromatic rings. The molecule has 0 atom stereocenters. The summed E-state index contributed by atoms with van der Waals surface area (Å²) in [5.41, 5.74) is 0. The molecule has 0 fully saturated rings. The Balaban J connectivity index is 0.000000531. The molecule has 0 radical (unpaired) electrons. The van der Waals surface area contributed by atoms with Crippen molar-refractivity contribution in [2.24, 2.45) is 0 Å². The van der Waals surface area contributed by atoms with E-state index in [9.17, 15) is 0 Å². The molecule has 0 saturated heterocycles. The third kappa shape index (κ3) is 10.6. The van der Waals surface area contributed by atoms with Crippen molar-refractivity contribution < 1.29 is 13.3 Å². The van der Waals surface area contributed by atoms with Crippen molar-refractivity contribution in [2.45, 2.75) is 38.4 Å². The zero-order chi connectivity index (χ0) is 18.2. The van der Waals surface area contributed by atoms with Gasteiger partial charge in [-0.25, -0.2) is 15.0 Å². The monoisotopic (exact) mass is 421 g/mol. The maximum Gasteiger partial charge on any atom is 0.500 e. The summed E-state index contributed by atoms with van der Waals surface area (Å²) in [5, 5.41) is 6.20. The van der Waals surface area contributed by atoms with Crippen LogP contribution in [0.2, 0.25) is 6.04 Å². The van der Waals surface area contributed by atoms with E-state index in [1.54, 1.807) is 11.8 Å². The minimum absolute atomic E-state index is 0.618. The van der Waals surface area contributed by atoms with Crippen LogP contribution >= 0.6 is 35.3 Å². The molecule has 0 bridgehead atoms. The number of hydrogen-bond acceptors (Lipinski definition) is 9. The van der Waals surface area contributed by atoms with Crippen LogP contribution in [0.1, 0.15) is 27.2 Å². The quantitative estimate of drug-likeness (QED) is 0.295. The zero-order valence-corrected chi connectivity index (χ0v) is 18.5. The molecule has 6 nitrogen and oxygen atoms in total. The van der Waals surface area contributed by atoms with Crippen molar-refractivity contribution in [1.82, 2.24) is 15.0 Å². The normalized spacial score (nSPS) is 13.6. The summed E-state index contributed by atoms with van der Waals surface area (Å²) >= 11 is 5.32. The van der Waals surface area contributed by atoms with Crippen molar-refractivity contribution in [3.63, 3.8) is 0 Å². The van der Waals surface area contributed by atoms with E-state index in [0.717, 1.165) is 23.4 Å². The SMILES string of the molecule is C1=CSCS1.CCO[Si](CCCSc1ncncn1)(OCC)OCC. The van der Waals surface area contributed by atoms with Crippen molar-refractivity contribution in [3.05, 3.63) is 23.5 Å². The van der Waals surface area contributed by atoms with Gasteiger partial charge in [-0.3, -0.25) is 0 Å². The summed E-state index contributed by atoms with van der Waals surface area (Å²) in [6, 6.07) is 0.820. The fourth-order valence-electron chi connectivity index (χ4n) is 1.95. The van der Waals surface area contributed by atoms with Crippen molar-refractivity contribution >= 4 is 44.1 Å². The maximum atomic E-state index is 5.81. The lowest BCUT2D eigenvalue weighted by Crippen LogP contribution is -2.46. The van der Waals surface area contributed by atoms with E-state index in [2.05, 4.69) is 25.8 Å². The van der Waals surface area contributed by atoms with Crippen LogP contribution in [-0.2, 0) is 13.3 Å². The standard InChI is InChI=1S/C12H23N3O3SSi.C3H4S2/c1-4-16-20(17-5-2,18-6-3)9-7-8-19-12-14-10-13-11-15-12;1-2-5-3-4-1/h10-11H,4-9H2,1-3H3;1-2H,3H2. The van der Waals surface area contributed by atoms with Crippen LogP contribution in [0.25, 0.3) is 0 Å². The van der Waals surface area contributed by atoms with Gasteiger partial charge in [0.2, 0.25) is 0 Å². The van der Waals surface area contributed by atoms with Crippen LogP contribution in [0, 0.1) is 0 Å².